The highest BCUT2D eigenvalue weighted by atomic mass is 16.3. The van der Waals surface area contributed by atoms with E-state index in [9.17, 15) is 9.59 Å². The molecular formula is C15H22N4O3. The van der Waals surface area contributed by atoms with Gasteiger partial charge in [-0.3, -0.25) is 9.59 Å². The number of rotatable bonds is 5. The van der Waals surface area contributed by atoms with E-state index in [0.717, 1.165) is 25.7 Å². The number of carbonyl (C=O) groups is 2. The van der Waals surface area contributed by atoms with Crippen LogP contribution in [0, 0.1) is 0 Å². The molecule has 1 aliphatic rings. The molecule has 1 aliphatic carbocycles. The summed E-state index contributed by atoms with van der Waals surface area (Å²) in [5.41, 5.74) is 5.63. The molecular weight excluding hydrogens is 284 g/mol. The first kappa shape index (κ1) is 16.2. The van der Waals surface area contributed by atoms with Gasteiger partial charge < -0.3 is 21.5 Å². The van der Waals surface area contributed by atoms with Crippen LogP contribution in [0.3, 0.4) is 0 Å². The van der Waals surface area contributed by atoms with Crippen molar-refractivity contribution in [1.29, 1.82) is 0 Å². The van der Waals surface area contributed by atoms with Gasteiger partial charge in [0, 0.05) is 25.0 Å². The standard InChI is InChI=1S/C15H22N4O3/c16-8-7-14(21)18-10-1-3-11(4-2-10)19-15(22)13-6-5-12(20)9-17-13/h5-6,9-11,20H,1-4,7-8,16H2,(H,18,21)(H,19,22)/t10-,11-. The Labute approximate surface area is 129 Å². The van der Waals surface area contributed by atoms with Gasteiger partial charge >= 0.3 is 0 Å². The quantitative estimate of drug-likeness (QED) is 0.624. The number of pyridine rings is 1. The Balaban J connectivity index is 1.76. The van der Waals surface area contributed by atoms with Gasteiger partial charge in [0.25, 0.3) is 5.91 Å². The molecule has 7 heteroatoms. The third-order valence-electron chi connectivity index (χ3n) is 3.78. The van der Waals surface area contributed by atoms with Crippen molar-refractivity contribution in [2.45, 2.75) is 44.2 Å². The Hall–Kier alpha value is -2.15. The summed E-state index contributed by atoms with van der Waals surface area (Å²) in [6, 6.07) is 3.18. The van der Waals surface area contributed by atoms with Crippen LogP contribution >= 0.6 is 0 Å². The van der Waals surface area contributed by atoms with E-state index >= 15 is 0 Å². The predicted molar refractivity (Wildman–Crippen MR) is 81.2 cm³/mol. The lowest BCUT2D eigenvalue weighted by Gasteiger charge is -2.29. The molecule has 7 nitrogen and oxygen atoms in total. The molecule has 0 atom stereocenters. The fourth-order valence-corrected chi connectivity index (χ4v) is 2.59. The van der Waals surface area contributed by atoms with Gasteiger partial charge in [-0.05, 0) is 37.8 Å². The summed E-state index contributed by atoms with van der Waals surface area (Å²) in [4.78, 5) is 27.4. The van der Waals surface area contributed by atoms with Crippen molar-refractivity contribution in [3.63, 3.8) is 0 Å². The minimum Gasteiger partial charge on any atom is -0.506 e. The Kier molecular flexibility index (Phi) is 5.71. The summed E-state index contributed by atoms with van der Waals surface area (Å²) in [5.74, 6) is -0.218. The van der Waals surface area contributed by atoms with Gasteiger partial charge in [0.15, 0.2) is 0 Å². The van der Waals surface area contributed by atoms with Crippen LogP contribution in [0.15, 0.2) is 18.3 Å². The van der Waals surface area contributed by atoms with Gasteiger partial charge in [0.1, 0.15) is 11.4 Å². The van der Waals surface area contributed by atoms with Crippen molar-refractivity contribution in [1.82, 2.24) is 15.6 Å². The van der Waals surface area contributed by atoms with E-state index in [1.807, 2.05) is 0 Å². The zero-order valence-corrected chi connectivity index (χ0v) is 12.4. The molecule has 2 rings (SSSR count). The molecule has 0 spiro atoms. The van der Waals surface area contributed by atoms with Gasteiger partial charge in [-0.1, -0.05) is 0 Å². The minimum atomic E-state index is -0.240. The first-order chi connectivity index (χ1) is 10.6. The second kappa shape index (κ2) is 7.74. The maximum absolute atomic E-state index is 12.0. The SMILES string of the molecule is NCCC(=O)N[C@H]1CC[C@H](NC(=O)c2ccc(O)cn2)CC1. The molecule has 0 unspecified atom stereocenters. The summed E-state index contributed by atoms with van der Waals surface area (Å²) >= 11 is 0. The molecule has 1 aromatic heterocycles. The van der Waals surface area contributed by atoms with Crippen molar-refractivity contribution >= 4 is 11.8 Å². The minimum absolute atomic E-state index is 0.0109. The van der Waals surface area contributed by atoms with Gasteiger partial charge in [-0.25, -0.2) is 4.98 Å². The molecule has 1 heterocycles. The van der Waals surface area contributed by atoms with Gasteiger partial charge in [-0.2, -0.15) is 0 Å². The van der Waals surface area contributed by atoms with E-state index in [4.69, 9.17) is 10.8 Å². The number of nitrogens with zero attached hydrogens (tertiary/aromatic N) is 1. The fraction of sp³-hybridized carbons (Fsp3) is 0.533. The number of hydrogen-bond donors (Lipinski definition) is 4. The Bertz CT molecular complexity index is 510. The lowest BCUT2D eigenvalue weighted by atomic mass is 9.91. The van der Waals surface area contributed by atoms with E-state index in [0.29, 0.717) is 13.0 Å². The summed E-state index contributed by atoms with van der Waals surface area (Å²) in [6.07, 6.45) is 4.91. The zero-order chi connectivity index (χ0) is 15.9. The Morgan fingerprint density at radius 1 is 1.18 bits per heavy atom. The highest BCUT2D eigenvalue weighted by Gasteiger charge is 2.23. The third-order valence-corrected chi connectivity index (χ3v) is 3.78. The molecule has 2 amide bonds. The molecule has 0 aliphatic heterocycles. The Morgan fingerprint density at radius 3 is 2.36 bits per heavy atom. The van der Waals surface area contributed by atoms with Crippen LogP contribution in [-0.2, 0) is 4.79 Å². The fourth-order valence-electron chi connectivity index (χ4n) is 2.59. The average Bonchev–Trinajstić information content (AvgIpc) is 2.50. The molecule has 120 valence electrons. The van der Waals surface area contributed by atoms with E-state index in [1.54, 1.807) is 0 Å². The molecule has 1 fully saturated rings. The topological polar surface area (TPSA) is 117 Å². The number of amides is 2. The number of aromatic nitrogens is 1. The summed E-state index contributed by atoms with van der Waals surface area (Å²) in [7, 11) is 0. The second-order valence-electron chi connectivity index (χ2n) is 5.53. The number of nitrogens with one attached hydrogen (secondary N) is 2. The van der Waals surface area contributed by atoms with E-state index in [1.165, 1.54) is 18.3 Å². The molecule has 22 heavy (non-hydrogen) atoms. The lowest BCUT2D eigenvalue weighted by Crippen LogP contribution is -2.44. The summed E-state index contributed by atoms with van der Waals surface area (Å²) in [6.45, 7) is 0.358. The van der Waals surface area contributed by atoms with Crippen LogP contribution < -0.4 is 16.4 Å². The molecule has 0 saturated heterocycles. The van der Waals surface area contributed by atoms with Crippen LogP contribution in [0.1, 0.15) is 42.6 Å². The van der Waals surface area contributed by atoms with Gasteiger partial charge in [0.2, 0.25) is 5.91 Å². The van der Waals surface area contributed by atoms with Crippen molar-refractivity contribution in [2.75, 3.05) is 6.54 Å². The van der Waals surface area contributed by atoms with Crippen LogP contribution in [0.4, 0.5) is 0 Å². The van der Waals surface area contributed by atoms with E-state index in [-0.39, 0.29) is 35.3 Å². The normalized spacial score (nSPS) is 21.1. The molecule has 5 N–H and O–H groups in total. The van der Waals surface area contributed by atoms with Crippen LogP contribution in [-0.4, -0.2) is 40.5 Å². The number of hydrogen-bond acceptors (Lipinski definition) is 5. The maximum atomic E-state index is 12.0. The molecule has 0 bridgehead atoms. The number of carbonyl (C=O) groups excluding carboxylic acids is 2. The highest BCUT2D eigenvalue weighted by molar-refractivity contribution is 5.92. The number of nitrogens with two attached hydrogens (primary N) is 1. The van der Waals surface area contributed by atoms with Gasteiger partial charge in [0.05, 0.1) is 6.20 Å². The number of aromatic hydroxyl groups is 1. The van der Waals surface area contributed by atoms with Crippen molar-refractivity contribution in [3.05, 3.63) is 24.0 Å². The molecule has 0 aromatic carbocycles. The van der Waals surface area contributed by atoms with Crippen molar-refractivity contribution in [2.24, 2.45) is 5.73 Å². The first-order valence-electron chi connectivity index (χ1n) is 7.54. The lowest BCUT2D eigenvalue weighted by molar-refractivity contribution is -0.121. The molecule has 1 saturated carbocycles. The largest absolute Gasteiger partial charge is 0.506 e. The van der Waals surface area contributed by atoms with Crippen LogP contribution in [0.25, 0.3) is 0 Å². The van der Waals surface area contributed by atoms with Crippen LogP contribution in [0.5, 0.6) is 5.75 Å². The van der Waals surface area contributed by atoms with E-state index < -0.39 is 0 Å². The third kappa shape index (κ3) is 4.70. The summed E-state index contributed by atoms with van der Waals surface area (Å²) < 4.78 is 0. The molecule has 0 radical (unpaired) electrons. The summed E-state index contributed by atoms with van der Waals surface area (Å²) in [5, 5.41) is 15.1. The van der Waals surface area contributed by atoms with Crippen LogP contribution in [0.2, 0.25) is 0 Å². The smallest absolute Gasteiger partial charge is 0.270 e. The zero-order valence-electron chi connectivity index (χ0n) is 12.4. The van der Waals surface area contributed by atoms with E-state index in [2.05, 4.69) is 15.6 Å². The molecule has 1 aromatic rings. The van der Waals surface area contributed by atoms with Crippen molar-refractivity contribution < 1.29 is 14.7 Å². The first-order valence-corrected chi connectivity index (χ1v) is 7.54. The van der Waals surface area contributed by atoms with Gasteiger partial charge in [-0.15, -0.1) is 0 Å². The highest BCUT2D eigenvalue weighted by Crippen LogP contribution is 2.19. The predicted octanol–water partition coefficient (Wildman–Crippen LogP) is 0.293. The maximum Gasteiger partial charge on any atom is 0.270 e. The average molecular weight is 306 g/mol. The second-order valence-corrected chi connectivity index (χ2v) is 5.53. The Morgan fingerprint density at radius 2 is 1.82 bits per heavy atom. The monoisotopic (exact) mass is 306 g/mol. The van der Waals surface area contributed by atoms with Crippen molar-refractivity contribution in [3.8, 4) is 5.75 Å².